The summed E-state index contributed by atoms with van der Waals surface area (Å²) in [6.45, 7) is 0. The number of aromatic hydroxyl groups is 2. The molecular weight excluding hydrogens is 148 g/mol. The highest BCUT2D eigenvalue weighted by Crippen LogP contribution is 2.28. The molecule has 58 valence electrons. The normalized spacial score (nSPS) is 11.0. The van der Waals surface area contributed by atoms with Crippen LogP contribution in [-0.4, -0.2) is 30.2 Å². The number of nitrogens with one attached hydrogen (secondary N) is 1. The number of nitrogens with zero attached hydrogens (tertiary/aromatic N) is 3. The number of hydrogen-bond donors (Lipinski definition) is 3. The zero-order chi connectivity index (χ0) is 8.01. The average molecular weight is 154 g/mol. The molecule has 2 heterocycles. The molecule has 0 amide bonds. The van der Waals surface area contributed by atoms with Crippen LogP contribution < -0.4 is 0 Å². The lowest BCUT2D eigenvalue weighted by Crippen LogP contribution is -1.89. The Labute approximate surface area is 61.1 Å². The van der Waals surface area contributed by atoms with E-state index in [-0.39, 0.29) is 17.3 Å². The first-order valence-electron chi connectivity index (χ1n) is 2.99. The summed E-state index contributed by atoms with van der Waals surface area (Å²) in [5.41, 5.74) is 0.688. The Morgan fingerprint density at radius 2 is 2.09 bits per heavy atom. The van der Waals surface area contributed by atoms with Gasteiger partial charge in [-0.2, -0.15) is 0 Å². The van der Waals surface area contributed by atoms with E-state index in [1.165, 1.54) is 4.68 Å². The van der Waals surface area contributed by atoms with Gasteiger partial charge in [-0.1, -0.05) is 5.21 Å². The van der Waals surface area contributed by atoms with E-state index in [2.05, 4.69) is 15.3 Å². The van der Waals surface area contributed by atoms with Crippen molar-refractivity contribution in [3.63, 3.8) is 0 Å². The van der Waals surface area contributed by atoms with Crippen LogP contribution in [0.15, 0.2) is 0 Å². The van der Waals surface area contributed by atoms with Crippen molar-refractivity contribution in [3.8, 4) is 11.8 Å². The van der Waals surface area contributed by atoms with E-state index in [0.29, 0.717) is 5.52 Å². The zero-order valence-corrected chi connectivity index (χ0v) is 5.74. The summed E-state index contributed by atoms with van der Waals surface area (Å²) in [5, 5.41) is 25.4. The Morgan fingerprint density at radius 3 is 2.73 bits per heavy atom. The molecule has 0 fully saturated rings. The number of aromatic amines is 1. The third-order valence-corrected chi connectivity index (χ3v) is 1.51. The summed E-state index contributed by atoms with van der Waals surface area (Å²) in [7, 11) is 1.63. The molecule has 0 saturated carbocycles. The minimum Gasteiger partial charge on any atom is -0.493 e. The molecule has 11 heavy (non-hydrogen) atoms. The molecule has 6 heteroatoms. The van der Waals surface area contributed by atoms with Crippen molar-refractivity contribution < 1.29 is 10.2 Å². The maximum Gasteiger partial charge on any atom is 0.222 e. The van der Waals surface area contributed by atoms with Gasteiger partial charge in [-0.15, -0.1) is 5.10 Å². The predicted octanol–water partition coefficient (Wildman–Crippen LogP) is -0.292. The molecule has 0 aliphatic heterocycles. The maximum atomic E-state index is 9.15. The smallest absolute Gasteiger partial charge is 0.222 e. The number of hydrogen-bond acceptors (Lipinski definition) is 4. The van der Waals surface area contributed by atoms with E-state index in [0.717, 1.165) is 0 Å². The van der Waals surface area contributed by atoms with Crippen LogP contribution in [0.4, 0.5) is 0 Å². The van der Waals surface area contributed by atoms with Gasteiger partial charge in [-0.05, 0) is 0 Å². The van der Waals surface area contributed by atoms with Crippen LogP contribution in [0.3, 0.4) is 0 Å². The average Bonchev–Trinajstić information content (AvgIpc) is 2.41. The number of H-pyrrole nitrogens is 1. The van der Waals surface area contributed by atoms with Gasteiger partial charge in [-0.3, -0.25) is 4.98 Å². The van der Waals surface area contributed by atoms with Crippen LogP contribution in [-0.2, 0) is 7.05 Å². The SMILES string of the molecule is Cn1nnc2c(O)[nH]c(O)c21. The van der Waals surface area contributed by atoms with Crippen LogP contribution in [0, 0.1) is 0 Å². The first-order chi connectivity index (χ1) is 5.20. The van der Waals surface area contributed by atoms with Crippen LogP contribution in [0.1, 0.15) is 0 Å². The van der Waals surface area contributed by atoms with Crippen molar-refractivity contribution in [2.24, 2.45) is 7.05 Å². The minimum atomic E-state index is -0.161. The zero-order valence-electron chi connectivity index (χ0n) is 5.74. The van der Waals surface area contributed by atoms with Crippen molar-refractivity contribution >= 4 is 11.0 Å². The van der Waals surface area contributed by atoms with Crippen LogP contribution in [0.5, 0.6) is 11.8 Å². The Bertz CT molecular complexity index is 402. The summed E-state index contributed by atoms with van der Waals surface area (Å²) in [6, 6.07) is 0. The minimum absolute atomic E-state index is 0.120. The molecule has 0 bridgehead atoms. The molecule has 0 aliphatic rings. The first kappa shape index (κ1) is 6.02. The van der Waals surface area contributed by atoms with Gasteiger partial charge in [0.1, 0.15) is 0 Å². The highest BCUT2D eigenvalue weighted by Gasteiger charge is 2.13. The molecule has 0 unspecified atom stereocenters. The fourth-order valence-electron chi connectivity index (χ4n) is 1.01. The number of aromatic nitrogens is 4. The largest absolute Gasteiger partial charge is 0.493 e. The van der Waals surface area contributed by atoms with E-state index in [1.807, 2.05) is 0 Å². The highest BCUT2D eigenvalue weighted by molar-refractivity contribution is 5.85. The van der Waals surface area contributed by atoms with Gasteiger partial charge in [0, 0.05) is 7.05 Å². The molecule has 3 N–H and O–H groups in total. The number of aryl methyl sites for hydroxylation is 1. The third kappa shape index (κ3) is 0.603. The van der Waals surface area contributed by atoms with E-state index in [4.69, 9.17) is 10.2 Å². The van der Waals surface area contributed by atoms with E-state index in [1.54, 1.807) is 7.05 Å². The maximum absolute atomic E-state index is 9.15. The molecule has 6 nitrogen and oxygen atoms in total. The Balaban J connectivity index is 2.98. The lowest BCUT2D eigenvalue weighted by molar-refractivity contribution is 0.426. The van der Waals surface area contributed by atoms with Gasteiger partial charge in [0.25, 0.3) is 0 Å². The Kier molecular flexibility index (Phi) is 0.906. The Hall–Kier alpha value is -1.72. The van der Waals surface area contributed by atoms with Gasteiger partial charge >= 0.3 is 0 Å². The number of rotatable bonds is 0. The van der Waals surface area contributed by atoms with Gasteiger partial charge in [0.2, 0.25) is 11.8 Å². The van der Waals surface area contributed by atoms with Crippen LogP contribution >= 0.6 is 0 Å². The van der Waals surface area contributed by atoms with Gasteiger partial charge in [0.05, 0.1) is 0 Å². The number of fused-ring (bicyclic) bond motifs is 1. The van der Waals surface area contributed by atoms with E-state index >= 15 is 0 Å². The lowest BCUT2D eigenvalue weighted by Gasteiger charge is -1.86. The third-order valence-electron chi connectivity index (χ3n) is 1.51. The quantitative estimate of drug-likeness (QED) is 0.486. The summed E-state index contributed by atoms with van der Waals surface area (Å²) >= 11 is 0. The van der Waals surface area contributed by atoms with Crippen molar-refractivity contribution in [1.82, 2.24) is 20.0 Å². The fraction of sp³-hybridized carbons (Fsp3) is 0.200. The summed E-state index contributed by atoms with van der Waals surface area (Å²) < 4.78 is 1.38. The second-order valence-corrected chi connectivity index (χ2v) is 2.23. The van der Waals surface area contributed by atoms with Gasteiger partial charge in [-0.25, -0.2) is 4.68 Å². The molecule has 0 atom stereocenters. The van der Waals surface area contributed by atoms with E-state index < -0.39 is 0 Å². The van der Waals surface area contributed by atoms with Crippen molar-refractivity contribution in [3.05, 3.63) is 0 Å². The summed E-state index contributed by atoms with van der Waals surface area (Å²) in [5.74, 6) is -0.282. The molecule has 0 aromatic carbocycles. The van der Waals surface area contributed by atoms with Crippen LogP contribution in [0.25, 0.3) is 11.0 Å². The lowest BCUT2D eigenvalue weighted by atomic mass is 10.5. The second-order valence-electron chi connectivity index (χ2n) is 2.23. The standard InChI is InChI=1S/C5H6N4O2/c1-9-3-2(7-8-9)4(10)6-5(3)11/h6,10-11H,1H3. The molecule has 2 aromatic rings. The van der Waals surface area contributed by atoms with E-state index in [9.17, 15) is 0 Å². The molecule has 0 radical (unpaired) electrons. The molecule has 2 rings (SSSR count). The molecule has 2 aromatic heterocycles. The second kappa shape index (κ2) is 1.66. The molecule has 0 saturated heterocycles. The molecule has 0 spiro atoms. The first-order valence-corrected chi connectivity index (χ1v) is 2.99. The van der Waals surface area contributed by atoms with Crippen molar-refractivity contribution in [1.29, 1.82) is 0 Å². The summed E-state index contributed by atoms with van der Waals surface area (Å²) in [4.78, 5) is 2.32. The van der Waals surface area contributed by atoms with Crippen LogP contribution in [0.2, 0.25) is 0 Å². The monoisotopic (exact) mass is 154 g/mol. The van der Waals surface area contributed by atoms with Crippen molar-refractivity contribution in [2.45, 2.75) is 0 Å². The molecular formula is C5H6N4O2. The molecule has 0 aliphatic carbocycles. The Morgan fingerprint density at radius 1 is 1.36 bits per heavy atom. The summed E-state index contributed by atoms with van der Waals surface area (Å²) in [6.07, 6.45) is 0. The van der Waals surface area contributed by atoms with Crippen molar-refractivity contribution in [2.75, 3.05) is 0 Å². The van der Waals surface area contributed by atoms with Gasteiger partial charge in [0.15, 0.2) is 11.0 Å². The predicted molar refractivity (Wildman–Crippen MR) is 36.2 cm³/mol. The fourth-order valence-corrected chi connectivity index (χ4v) is 1.01. The van der Waals surface area contributed by atoms with Gasteiger partial charge < -0.3 is 10.2 Å². The topological polar surface area (TPSA) is 87.0 Å². The highest BCUT2D eigenvalue weighted by atomic mass is 16.3.